The Labute approximate surface area is 144 Å². The summed E-state index contributed by atoms with van der Waals surface area (Å²) in [4.78, 5) is 14.5. The van der Waals surface area contributed by atoms with Crippen LogP contribution in [0.5, 0.6) is 0 Å². The van der Waals surface area contributed by atoms with Gasteiger partial charge in [-0.2, -0.15) is 0 Å². The average molecular weight is 345 g/mol. The van der Waals surface area contributed by atoms with Gasteiger partial charge >= 0.3 is 0 Å². The standard InChI is InChI=1S/C19H23NO3S/c1-13-6-8-16(15(3)10-13)12-20(4)19(21)18-11-17(24(5,22)23)9-7-14(18)2/h6-11H,12H2,1-5H3. The van der Waals surface area contributed by atoms with Gasteiger partial charge in [0.2, 0.25) is 0 Å². The first-order valence-corrected chi connectivity index (χ1v) is 9.61. The summed E-state index contributed by atoms with van der Waals surface area (Å²) in [6, 6.07) is 10.8. The summed E-state index contributed by atoms with van der Waals surface area (Å²) in [5, 5.41) is 0. The number of carbonyl (C=O) groups excluding carboxylic acids is 1. The van der Waals surface area contributed by atoms with Crippen molar-refractivity contribution in [2.24, 2.45) is 0 Å². The lowest BCUT2D eigenvalue weighted by molar-refractivity contribution is 0.0784. The van der Waals surface area contributed by atoms with E-state index in [-0.39, 0.29) is 10.8 Å². The van der Waals surface area contributed by atoms with Crippen LogP contribution in [0.1, 0.15) is 32.6 Å². The minimum atomic E-state index is -3.34. The fourth-order valence-corrected chi connectivity index (χ4v) is 3.27. The summed E-state index contributed by atoms with van der Waals surface area (Å²) in [7, 11) is -1.61. The summed E-state index contributed by atoms with van der Waals surface area (Å²) < 4.78 is 23.5. The molecule has 0 aliphatic carbocycles. The van der Waals surface area contributed by atoms with Crippen LogP contribution in [0.15, 0.2) is 41.3 Å². The molecule has 0 bridgehead atoms. The molecule has 0 aromatic heterocycles. The van der Waals surface area contributed by atoms with Gasteiger partial charge in [-0.25, -0.2) is 8.42 Å². The van der Waals surface area contributed by atoms with Gasteiger partial charge in [-0.15, -0.1) is 0 Å². The molecule has 0 fully saturated rings. The molecule has 5 heteroatoms. The zero-order chi connectivity index (χ0) is 18.1. The third kappa shape index (κ3) is 4.03. The number of nitrogens with zero attached hydrogens (tertiary/aromatic N) is 1. The van der Waals surface area contributed by atoms with Gasteiger partial charge in [0, 0.05) is 25.4 Å². The Morgan fingerprint density at radius 3 is 2.25 bits per heavy atom. The molecule has 2 aromatic carbocycles. The van der Waals surface area contributed by atoms with Crippen LogP contribution in [-0.2, 0) is 16.4 Å². The maximum absolute atomic E-state index is 12.8. The van der Waals surface area contributed by atoms with Crippen molar-refractivity contribution in [3.05, 3.63) is 64.2 Å². The first-order valence-electron chi connectivity index (χ1n) is 7.72. The van der Waals surface area contributed by atoms with Crippen LogP contribution in [0.25, 0.3) is 0 Å². The molecule has 0 unspecified atom stereocenters. The van der Waals surface area contributed by atoms with Crippen LogP contribution in [-0.4, -0.2) is 32.5 Å². The molecule has 0 saturated carbocycles. The van der Waals surface area contributed by atoms with Crippen molar-refractivity contribution in [2.75, 3.05) is 13.3 Å². The summed E-state index contributed by atoms with van der Waals surface area (Å²) >= 11 is 0. The smallest absolute Gasteiger partial charge is 0.254 e. The van der Waals surface area contributed by atoms with E-state index >= 15 is 0 Å². The minimum absolute atomic E-state index is 0.163. The molecule has 0 saturated heterocycles. The molecule has 0 aliphatic heterocycles. The second-order valence-corrected chi connectivity index (χ2v) is 8.36. The number of benzene rings is 2. The molecule has 0 aliphatic rings. The van der Waals surface area contributed by atoms with Crippen LogP contribution < -0.4 is 0 Å². The third-order valence-electron chi connectivity index (χ3n) is 4.12. The fourth-order valence-electron chi connectivity index (χ4n) is 2.62. The van der Waals surface area contributed by atoms with E-state index in [1.54, 1.807) is 18.0 Å². The van der Waals surface area contributed by atoms with Crippen LogP contribution in [0.2, 0.25) is 0 Å². The highest BCUT2D eigenvalue weighted by molar-refractivity contribution is 7.90. The fraction of sp³-hybridized carbons (Fsp3) is 0.316. The van der Waals surface area contributed by atoms with Crippen LogP contribution >= 0.6 is 0 Å². The molecule has 1 amide bonds. The third-order valence-corrected chi connectivity index (χ3v) is 5.23. The highest BCUT2D eigenvalue weighted by Crippen LogP contribution is 2.19. The Bertz CT molecular complexity index is 885. The maximum atomic E-state index is 12.8. The predicted molar refractivity (Wildman–Crippen MR) is 96.0 cm³/mol. The lowest BCUT2D eigenvalue weighted by atomic mass is 10.0. The van der Waals surface area contributed by atoms with Crippen molar-refractivity contribution in [1.82, 2.24) is 4.90 Å². The Morgan fingerprint density at radius 1 is 1.00 bits per heavy atom. The number of aryl methyl sites for hydroxylation is 3. The molecule has 4 nitrogen and oxygen atoms in total. The Morgan fingerprint density at radius 2 is 1.67 bits per heavy atom. The number of hydrogen-bond acceptors (Lipinski definition) is 3. The van der Waals surface area contributed by atoms with E-state index in [1.807, 2.05) is 32.9 Å². The Kier molecular flexibility index (Phi) is 5.13. The summed E-state index contributed by atoms with van der Waals surface area (Å²) in [5.41, 5.74) is 4.58. The maximum Gasteiger partial charge on any atom is 0.254 e. The summed E-state index contributed by atoms with van der Waals surface area (Å²) in [5.74, 6) is -0.182. The van der Waals surface area contributed by atoms with E-state index in [4.69, 9.17) is 0 Å². The first kappa shape index (κ1) is 18.2. The molecule has 24 heavy (non-hydrogen) atoms. The monoisotopic (exact) mass is 345 g/mol. The highest BCUT2D eigenvalue weighted by Gasteiger charge is 2.18. The van der Waals surface area contributed by atoms with Gasteiger partial charge in [0.1, 0.15) is 0 Å². The number of carbonyl (C=O) groups is 1. The van der Waals surface area contributed by atoms with Crippen molar-refractivity contribution in [3.8, 4) is 0 Å². The van der Waals surface area contributed by atoms with E-state index in [0.29, 0.717) is 12.1 Å². The highest BCUT2D eigenvalue weighted by atomic mass is 32.2. The van der Waals surface area contributed by atoms with E-state index < -0.39 is 9.84 Å². The molecular formula is C19H23NO3S. The Hall–Kier alpha value is -2.14. The Balaban J connectivity index is 2.31. The van der Waals surface area contributed by atoms with E-state index in [9.17, 15) is 13.2 Å². The number of sulfone groups is 1. The SMILES string of the molecule is Cc1ccc(CN(C)C(=O)c2cc(S(C)(=O)=O)ccc2C)c(C)c1. The quantitative estimate of drug-likeness (QED) is 0.854. The van der Waals surface area contributed by atoms with Gasteiger partial charge in [-0.05, 0) is 49.6 Å². The predicted octanol–water partition coefficient (Wildman–Crippen LogP) is 3.29. The summed E-state index contributed by atoms with van der Waals surface area (Å²) in [6.45, 7) is 6.35. The lowest BCUT2D eigenvalue weighted by Gasteiger charge is -2.20. The molecule has 0 radical (unpaired) electrons. The van der Waals surface area contributed by atoms with Crippen molar-refractivity contribution in [1.29, 1.82) is 0 Å². The van der Waals surface area contributed by atoms with Gasteiger partial charge in [0.15, 0.2) is 9.84 Å². The molecule has 0 N–H and O–H groups in total. The number of amides is 1. The zero-order valence-corrected chi connectivity index (χ0v) is 15.6. The van der Waals surface area contributed by atoms with E-state index in [0.717, 1.165) is 22.9 Å². The van der Waals surface area contributed by atoms with Crippen LogP contribution in [0.3, 0.4) is 0 Å². The second-order valence-electron chi connectivity index (χ2n) is 6.34. The van der Waals surface area contributed by atoms with Gasteiger partial charge in [-0.1, -0.05) is 29.8 Å². The van der Waals surface area contributed by atoms with Crippen LogP contribution in [0, 0.1) is 20.8 Å². The lowest BCUT2D eigenvalue weighted by Crippen LogP contribution is -2.27. The van der Waals surface area contributed by atoms with E-state index in [1.165, 1.54) is 17.7 Å². The van der Waals surface area contributed by atoms with Crippen molar-refractivity contribution in [2.45, 2.75) is 32.2 Å². The topological polar surface area (TPSA) is 54.5 Å². The largest absolute Gasteiger partial charge is 0.337 e. The van der Waals surface area contributed by atoms with Crippen molar-refractivity contribution < 1.29 is 13.2 Å². The summed E-state index contributed by atoms with van der Waals surface area (Å²) in [6.07, 6.45) is 1.14. The second kappa shape index (κ2) is 6.77. The van der Waals surface area contributed by atoms with Crippen LogP contribution in [0.4, 0.5) is 0 Å². The van der Waals surface area contributed by atoms with E-state index in [2.05, 4.69) is 6.07 Å². The number of hydrogen-bond donors (Lipinski definition) is 0. The average Bonchev–Trinajstić information content (AvgIpc) is 2.48. The normalized spacial score (nSPS) is 11.4. The van der Waals surface area contributed by atoms with Gasteiger partial charge < -0.3 is 4.90 Å². The first-order chi connectivity index (χ1) is 11.1. The molecule has 0 atom stereocenters. The van der Waals surface area contributed by atoms with Crippen molar-refractivity contribution >= 4 is 15.7 Å². The molecular weight excluding hydrogens is 322 g/mol. The molecule has 2 rings (SSSR count). The van der Waals surface area contributed by atoms with Gasteiger partial charge in [0.05, 0.1) is 4.90 Å². The zero-order valence-electron chi connectivity index (χ0n) is 14.8. The number of rotatable bonds is 4. The molecule has 128 valence electrons. The minimum Gasteiger partial charge on any atom is -0.337 e. The van der Waals surface area contributed by atoms with Gasteiger partial charge in [-0.3, -0.25) is 4.79 Å². The molecule has 0 heterocycles. The molecule has 2 aromatic rings. The van der Waals surface area contributed by atoms with Gasteiger partial charge in [0.25, 0.3) is 5.91 Å². The van der Waals surface area contributed by atoms with Crippen molar-refractivity contribution in [3.63, 3.8) is 0 Å². The molecule has 0 spiro atoms.